The number of nitrogens with zero attached hydrogens (tertiary/aromatic N) is 4. The Balaban J connectivity index is 1.19. The van der Waals surface area contributed by atoms with E-state index in [1.54, 1.807) is 0 Å². The van der Waals surface area contributed by atoms with Crippen LogP contribution in [0.4, 0.5) is 0 Å². The van der Waals surface area contributed by atoms with Crippen LogP contribution in [-0.2, 0) is 0 Å². The Hall–Kier alpha value is -6.91. The summed E-state index contributed by atoms with van der Waals surface area (Å²) in [7, 11) is 0. The summed E-state index contributed by atoms with van der Waals surface area (Å²) < 4.78 is 2.22. The monoisotopic (exact) mass is 648 g/mol. The Bertz CT molecular complexity index is 3180. The number of aromatic nitrogens is 4. The molecule has 0 fully saturated rings. The smallest absolute Gasteiger partial charge is 0.137 e. The fourth-order valence-corrected chi connectivity index (χ4v) is 7.95. The van der Waals surface area contributed by atoms with Gasteiger partial charge in [0.2, 0.25) is 0 Å². The third-order valence-corrected chi connectivity index (χ3v) is 10.3. The third-order valence-electron chi connectivity index (χ3n) is 10.3. The molecule has 8 aromatic carbocycles. The van der Waals surface area contributed by atoms with Gasteiger partial charge < -0.3 is 0 Å². The molecule has 0 N–H and O–H groups in total. The Labute approximate surface area is 292 Å². The second-order valence-corrected chi connectivity index (χ2v) is 13.2. The second-order valence-electron chi connectivity index (χ2n) is 13.2. The van der Waals surface area contributed by atoms with Crippen molar-refractivity contribution in [1.82, 2.24) is 19.4 Å². The molecule has 0 amide bonds. The first-order valence-corrected chi connectivity index (χ1v) is 17.3. The molecule has 0 bridgehead atoms. The topological polar surface area (TPSA) is 43.1 Å². The summed E-state index contributed by atoms with van der Waals surface area (Å²) in [6.07, 6.45) is 2.12. The molecule has 0 spiro atoms. The molecule has 0 aliphatic rings. The first-order chi connectivity index (χ1) is 25.3. The lowest BCUT2D eigenvalue weighted by Crippen LogP contribution is -1.96. The van der Waals surface area contributed by atoms with Gasteiger partial charge in [-0.25, -0.2) is 15.0 Å². The van der Waals surface area contributed by atoms with E-state index in [4.69, 9.17) is 15.0 Å². The number of rotatable bonds is 3. The molecular weight excluding hydrogens is 621 g/mol. The quantitative estimate of drug-likeness (QED) is 0.179. The lowest BCUT2D eigenvalue weighted by atomic mass is 9.92. The third kappa shape index (κ3) is 4.23. The van der Waals surface area contributed by atoms with Gasteiger partial charge in [-0.3, -0.25) is 4.40 Å². The highest BCUT2D eigenvalue weighted by atomic mass is 15.0. The zero-order valence-corrected chi connectivity index (χ0v) is 27.5. The highest BCUT2D eigenvalue weighted by Gasteiger charge is 2.18. The van der Waals surface area contributed by atoms with Crippen molar-refractivity contribution in [3.63, 3.8) is 0 Å². The van der Waals surface area contributed by atoms with Crippen molar-refractivity contribution in [3.8, 4) is 33.6 Å². The number of benzene rings is 8. The highest BCUT2D eigenvalue weighted by molar-refractivity contribution is 6.31. The normalized spacial score (nSPS) is 11.9. The molecule has 236 valence electrons. The molecule has 0 unspecified atom stereocenters. The predicted molar refractivity (Wildman–Crippen MR) is 212 cm³/mol. The van der Waals surface area contributed by atoms with Crippen LogP contribution in [0.1, 0.15) is 0 Å². The summed E-state index contributed by atoms with van der Waals surface area (Å²) in [5.41, 5.74) is 11.1. The van der Waals surface area contributed by atoms with Gasteiger partial charge in [0, 0.05) is 33.5 Å². The van der Waals surface area contributed by atoms with Crippen LogP contribution < -0.4 is 0 Å². The summed E-state index contributed by atoms with van der Waals surface area (Å²) in [5.74, 6) is 0. The van der Waals surface area contributed by atoms with Crippen LogP contribution in [0.15, 0.2) is 170 Å². The largest absolute Gasteiger partial charge is 0.299 e. The van der Waals surface area contributed by atoms with Gasteiger partial charge in [0.05, 0.1) is 33.5 Å². The van der Waals surface area contributed by atoms with Crippen LogP contribution >= 0.6 is 0 Å². The van der Waals surface area contributed by atoms with Crippen molar-refractivity contribution < 1.29 is 0 Å². The Morgan fingerprint density at radius 3 is 1.82 bits per heavy atom. The molecule has 4 heteroatoms. The van der Waals surface area contributed by atoms with Gasteiger partial charge in [-0.15, -0.1) is 0 Å². The van der Waals surface area contributed by atoms with E-state index in [1.807, 2.05) is 12.1 Å². The molecule has 4 nitrogen and oxygen atoms in total. The Morgan fingerprint density at radius 1 is 0.373 bits per heavy atom. The average molecular weight is 649 g/mol. The molecule has 0 aliphatic carbocycles. The Kier molecular flexibility index (Phi) is 5.92. The maximum atomic E-state index is 5.39. The van der Waals surface area contributed by atoms with Gasteiger partial charge in [0.15, 0.2) is 0 Å². The fraction of sp³-hybridized carbons (Fsp3) is 0. The summed E-state index contributed by atoms with van der Waals surface area (Å²) in [5, 5.41) is 9.48. The molecule has 0 saturated carbocycles. The van der Waals surface area contributed by atoms with Crippen LogP contribution in [-0.4, -0.2) is 19.4 Å². The van der Waals surface area contributed by atoms with E-state index in [0.29, 0.717) is 0 Å². The molecule has 11 aromatic rings. The number of hydrogen-bond donors (Lipinski definition) is 0. The van der Waals surface area contributed by atoms with E-state index in [-0.39, 0.29) is 0 Å². The maximum absolute atomic E-state index is 5.39. The minimum Gasteiger partial charge on any atom is -0.299 e. The fourth-order valence-electron chi connectivity index (χ4n) is 7.95. The Morgan fingerprint density at radius 2 is 1.00 bits per heavy atom. The zero-order chi connectivity index (χ0) is 33.5. The summed E-state index contributed by atoms with van der Waals surface area (Å²) in [6, 6.07) is 58.0. The van der Waals surface area contributed by atoms with Gasteiger partial charge in [0.1, 0.15) is 5.65 Å². The molecule has 0 atom stereocenters. The van der Waals surface area contributed by atoms with Gasteiger partial charge in [-0.05, 0) is 68.4 Å². The van der Waals surface area contributed by atoms with Crippen molar-refractivity contribution in [2.24, 2.45) is 0 Å². The van der Waals surface area contributed by atoms with Crippen LogP contribution in [0.3, 0.4) is 0 Å². The standard InChI is InChI=1S/C47H28N4/c1-3-12-31(13-4-1)43-44(32-14-5-2-6-15-32)50-45-38-27-33(19-18-30(38)22-25-40(45)48-43)34-21-23-36-39(28-34)42-35-16-8-7-11-29(35)20-24-37(42)46-47(36)51-26-10-9-17-41(51)49-46/h1-28H. The van der Waals surface area contributed by atoms with Gasteiger partial charge in [-0.2, -0.15) is 0 Å². The highest BCUT2D eigenvalue weighted by Crippen LogP contribution is 2.41. The molecule has 0 aliphatic heterocycles. The molecular formula is C47H28N4. The number of imidazole rings is 1. The van der Waals surface area contributed by atoms with Gasteiger partial charge in [0.25, 0.3) is 0 Å². The molecule has 51 heavy (non-hydrogen) atoms. The van der Waals surface area contributed by atoms with E-state index in [9.17, 15) is 0 Å². The van der Waals surface area contributed by atoms with E-state index in [2.05, 4.69) is 162 Å². The van der Waals surface area contributed by atoms with Crippen LogP contribution in [0.5, 0.6) is 0 Å². The van der Waals surface area contributed by atoms with Crippen LogP contribution in [0.25, 0.3) is 104 Å². The first kappa shape index (κ1) is 28.0. The van der Waals surface area contributed by atoms with Crippen molar-refractivity contribution in [1.29, 1.82) is 0 Å². The zero-order valence-electron chi connectivity index (χ0n) is 27.5. The van der Waals surface area contributed by atoms with E-state index in [0.717, 1.165) is 72.1 Å². The second kappa shape index (κ2) is 10.8. The number of fused-ring (bicyclic) bond motifs is 13. The van der Waals surface area contributed by atoms with Crippen LogP contribution in [0, 0.1) is 0 Å². The van der Waals surface area contributed by atoms with Crippen molar-refractivity contribution in [3.05, 3.63) is 170 Å². The molecule has 0 radical (unpaired) electrons. The molecule has 11 rings (SSSR count). The SMILES string of the molecule is c1ccc(-c2nc3ccc4ccc(-c5ccc6c(c5)c5c7ccccc7ccc5c5nc7ccccn7c65)cc4c3nc2-c2ccccc2)cc1. The number of pyridine rings is 1. The summed E-state index contributed by atoms with van der Waals surface area (Å²) in [6.45, 7) is 0. The minimum atomic E-state index is 0.879. The predicted octanol–water partition coefficient (Wildman–Crippen LogP) is 12.0. The van der Waals surface area contributed by atoms with Gasteiger partial charge >= 0.3 is 0 Å². The van der Waals surface area contributed by atoms with E-state index < -0.39 is 0 Å². The van der Waals surface area contributed by atoms with Crippen LogP contribution in [0.2, 0.25) is 0 Å². The van der Waals surface area contributed by atoms with Crippen molar-refractivity contribution in [2.75, 3.05) is 0 Å². The lowest BCUT2D eigenvalue weighted by molar-refractivity contribution is 1.23. The lowest BCUT2D eigenvalue weighted by Gasteiger charge is -2.14. The van der Waals surface area contributed by atoms with E-state index in [1.165, 1.54) is 32.3 Å². The molecule has 0 saturated heterocycles. The summed E-state index contributed by atoms with van der Waals surface area (Å²) >= 11 is 0. The van der Waals surface area contributed by atoms with Crippen molar-refractivity contribution in [2.45, 2.75) is 0 Å². The molecule has 3 aromatic heterocycles. The van der Waals surface area contributed by atoms with E-state index >= 15 is 0 Å². The number of hydrogen-bond acceptors (Lipinski definition) is 3. The minimum absolute atomic E-state index is 0.879. The van der Waals surface area contributed by atoms with Gasteiger partial charge in [-0.1, -0.05) is 133 Å². The first-order valence-electron chi connectivity index (χ1n) is 17.3. The van der Waals surface area contributed by atoms with Crippen molar-refractivity contribution >= 4 is 70.8 Å². The maximum Gasteiger partial charge on any atom is 0.137 e. The average Bonchev–Trinajstić information content (AvgIpc) is 3.60. The summed E-state index contributed by atoms with van der Waals surface area (Å²) in [4.78, 5) is 15.8. The molecule has 3 heterocycles.